The summed E-state index contributed by atoms with van der Waals surface area (Å²) in [6.07, 6.45) is 0.296. The lowest BCUT2D eigenvalue weighted by molar-refractivity contribution is -0.140. The van der Waals surface area contributed by atoms with Gasteiger partial charge in [0.15, 0.2) is 0 Å². The van der Waals surface area contributed by atoms with Crippen molar-refractivity contribution in [3.05, 3.63) is 40.8 Å². The van der Waals surface area contributed by atoms with Crippen molar-refractivity contribution in [1.29, 1.82) is 0 Å². The van der Waals surface area contributed by atoms with Crippen LogP contribution in [0.4, 0.5) is 4.79 Å². The van der Waals surface area contributed by atoms with Crippen molar-refractivity contribution in [2.75, 3.05) is 7.05 Å². The third-order valence-corrected chi connectivity index (χ3v) is 3.29. The lowest BCUT2D eigenvalue weighted by Crippen LogP contribution is -2.48. The Morgan fingerprint density at radius 3 is 2.58 bits per heavy atom. The second-order valence-electron chi connectivity index (χ2n) is 4.48. The third-order valence-electron chi connectivity index (χ3n) is 3.29. The molecular weight excluding hydrogens is 250 g/mol. The Balaban J connectivity index is 2.17. The van der Waals surface area contributed by atoms with Crippen molar-refractivity contribution >= 4 is 12.0 Å². The smallest absolute Gasteiger partial charge is 0.341 e. The molecule has 2 atom stereocenters. The molecule has 1 aromatic rings. The van der Waals surface area contributed by atoms with E-state index in [0.29, 0.717) is 11.4 Å². The average molecular weight is 263 g/mol. The number of amides is 2. The van der Waals surface area contributed by atoms with Crippen LogP contribution < -0.4 is 5.32 Å². The van der Waals surface area contributed by atoms with Crippen LogP contribution in [0.15, 0.2) is 35.6 Å². The van der Waals surface area contributed by atoms with E-state index in [4.69, 9.17) is 0 Å². The molecule has 1 saturated carbocycles. The summed E-state index contributed by atoms with van der Waals surface area (Å²) in [5.41, 5.74) is -0.510. The molecule has 0 saturated heterocycles. The molecule has 2 unspecified atom stereocenters. The van der Waals surface area contributed by atoms with Gasteiger partial charge in [0.25, 0.3) is 0 Å². The van der Waals surface area contributed by atoms with Crippen LogP contribution in [-0.2, 0) is 4.79 Å². The Bertz CT molecular complexity index is 519. The van der Waals surface area contributed by atoms with E-state index in [9.17, 15) is 19.6 Å². The molecular formula is C12H13N3O4. The minimum Gasteiger partial charge on any atom is -0.479 e. The van der Waals surface area contributed by atoms with Gasteiger partial charge in [-0.05, 0) is 12.0 Å². The summed E-state index contributed by atoms with van der Waals surface area (Å²) in [6.45, 7) is 0. The number of aliphatic carboxylic acids is 1. The van der Waals surface area contributed by atoms with E-state index in [2.05, 4.69) is 10.6 Å². The number of hydrogen-bond acceptors (Lipinski definition) is 4. The zero-order valence-corrected chi connectivity index (χ0v) is 10.2. The first-order chi connectivity index (χ1) is 9.01. The molecule has 0 spiro atoms. The first-order valence-corrected chi connectivity index (χ1v) is 5.69. The Kier molecular flexibility index (Phi) is 3.20. The number of carbonyl (C=O) groups excluding carboxylic acids is 1. The van der Waals surface area contributed by atoms with Crippen LogP contribution in [0.2, 0.25) is 0 Å². The van der Waals surface area contributed by atoms with Gasteiger partial charge in [-0.1, -0.05) is 30.3 Å². The fourth-order valence-corrected chi connectivity index (χ4v) is 2.09. The summed E-state index contributed by atoms with van der Waals surface area (Å²) in [7, 11) is 1.16. The minimum atomic E-state index is -1.35. The number of benzene rings is 1. The molecule has 2 amide bonds. The molecule has 1 fully saturated rings. The number of urea groups is 1. The fourth-order valence-electron chi connectivity index (χ4n) is 2.09. The first-order valence-electron chi connectivity index (χ1n) is 5.69. The summed E-state index contributed by atoms with van der Waals surface area (Å²) in [4.78, 5) is 33.2. The first kappa shape index (κ1) is 13.0. The van der Waals surface area contributed by atoms with Gasteiger partial charge in [-0.25, -0.2) is 9.59 Å². The average Bonchev–Trinajstić information content (AvgIpc) is 3.14. The van der Waals surface area contributed by atoms with E-state index >= 15 is 0 Å². The summed E-state index contributed by atoms with van der Waals surface area (Å²) in [5.74, 6) is -1.41. The number of rotatable bonds is 4. The van der Waals surface area contributed by atoms with E-state index in [1.165, 1.54) is 0 Å². The van der Waals surface area contributed by atoms with Gasteiger partial charge in [-0.15, -0.1) is 4.91 Å². The third kappa shape index (κ3) is 2.26. The number of carbonyl (C=O) groups is 2. The highest BCUT2D eigenvalue weighted by Gasteiger charge is 2.62. The molecule has 0 aliphatic heterocycles. The lowest BCUT2D eigenvalue weighted by atomic mass is 10.1. The molecule has 2 rings (SSSR count). The highest BCUT2D eigenvalue weighted by molar-refractivity contribution is 5.91. The maximum atomic E-state index is 11.6. The van der Waals surface area contributed by atoms with Crippen molar-refractivity contribution < 1.29 is 14.7 Å². The largest absolute Gasteiger partial charge is 0.479 e. The van der Waals surface area contributed by atoms with E-state index in [1.807, 2.05) is 18.2 Å². The lowest BCUT2D eigenvalue weighted by Gasteiger charge is -2.17. The summed E-state index contributed by atoms with van der Waals surface area (Å²) >= 11 is 0. The van der Waals surface area contributed by atoms with Crippen molar-refractivity contribution in [3.8, 4) is 0 Å². The number of nitroso groups, excluding NO2 is 1. The Labute approximate surface area is 109 Å². The molecule has 1 aliphatic rings. The summed E-state index contributed by atoms with van der Waals surface area (Å²) in [6, 6.07) is 8.24. The van der Waals surface area contributed by atoms with Crippen molar-refractivity contribution in [1.82, 2.24) is 10.3 Å². The molecule has 0 bridgehead atoms. The monoisotopic (exact) mass is 263 g/mol. The number of nitrogens with zero attached hydrogens (tertiary/aromatic N) is 2. The predicted octanol–water partition coefficient (Wildman–Crippen LogP) is 1.32. The topological polar surface area (TPSA) is 99.1 Å². The maximum Gasteiger partial charge on any atom is 0.341 e. The summed E-state index contributed by atoms with van der Waals surface area (Å²) < 4.78 is 0. The van der Waals surface area contributed by atoms with Gasteiger partial charge in [0.1, 0.15) is 5.54 Å². The molecule has 0 aromatic heterocycles. The molecule has 0 heterocycles. The molecule has 1 aromatic carbocycles. The minimum absolute atomic E-state index is 0.296. The Morgan fingerprint density at radius 1 is 1.42 bits per heavy atom. The molecule has 7 heteroatoms. The van der Waals surface area contributed by atoms with Crippen LogP contribution in [0.3, 0.4) is 0 Å². The van der Waals surface area contributed by atoms with Gasteiger partial charge in [-0.3, -0.25) is 0 Å². The highest BCUT2D eigenvalue weighted by atomic mass is 16.4. The van der Waals surface area contributed by atoms with Crippen LogP contribution in [0.5, 0.6) is 0 Å². The standard InChI is InChI=1S/C12H13N3O4/c1-15(14-19)11(18)13-12(10(16)17)7-9(12)8-5-3-2-4-6-8/h2-6,9H,7H2,1H3,(H,13,18)(H,16,17). The van der Waals surface area contributed by atoms with Crippen molar-refractivity contribution in [2.24, 2.45) is 5.29 Å². The van der Waals surface area contributed by atoms with E-state index in [0.717, 1.165) is 12.6 Å². The number of carboxylic acid groups (broad SMARTS) is 1. The van der Waals surface area contributed by atoms with Crippen LogP contribution in [-0.4, -0.2) is 34.7 Å². The van der Waals surface area contributed by atoms with Crippen LogP contribution in [0.1, 0.15) is 17.9 Å². The maximum absolute atomic E-state index is 11.6. The van der Waals surface area contributed by atoms with Gasteiger partial charge in [0, 0.05) is 13.0 Å². The number of carboxylic acids is 1. The normalized spacial score (nSPS) is 24.4. The Hall–Kier alpha value is -2.44. The SMILES string of the molecule is CN(N=O)C(=O)NC1(C(=O)O)CC1c1ccccc1. The summed E-state index contributed by atoms with van der Waals surface area (Å²) in [5, 5.41) is 14.6. The van der Waals surface area contributed by atoms with Crippen molar-refractivity contribution in [2.45, 2.75) is 17.9 Å². The van der Waals surface area contributed by atoms with Gasteiger partial charge < -0.3 is 10.4 Å². The Morgan fingerprint density at radius 2 is 2.05 bits per heavy atom. The van der Waals surface area contributed by atoms with Gasteiger partial charge >= 0.3 is 12.0 Å². The van der Waals surface area contributed by atoms with Gasteiger partial charge in [0.05, 0.1) is 5.29 Å². The van der Waals surface area contributed by atoms with E-state index in [-0.39, 0.29) is 5.92 Å². The van der Waals surface area contributed by atoms with Crippen molar-refractivity contribution in [3.63, 3.8) is 0 Å². The van der Waals surface area contributed by atoms with Crippen LogP contribution in [0.25, 0.3) is 0 Å². The van der Waals surface area contributed by atoms with Gasteiger partial charge in [0.2, 0.25) is 0 Å². The van der Waals surface area contributed by atoms with Gasteiger partial charge in [-0.2, -0.15) is 5.01 Å². The van der Waals surface area contributed by atoms with Crippen LogP contribution >= 0.6 is 0 Å². The van der Waals surface area contributed by atoms with Crippen LogP contribution in [0, 0.1) is 4.91 Å². The molecule has 0 radical (unpaired) electrons. The highest BCUT2D eigenvalue weighted by Crippen LogP contribution is 2.51. The number of nitrogens with one attached hydrogen (secondary N) is 1. The zero-order valence-electron chi connectivity index (χ0n) is 10.2. The second kappa shape index (κ2) is 4.68. The van der Waals surface area contributed by atoms with E-state index < -0.39 is 17.5 Å². The molecule has 100 valence electrons. The predicted molar refractivity (Wildman–Crippen MR) is 66.3 cm³/mol. The zero-order chi connectivity index (χ0) is 14.0. The second-order valence-corrected chi connectivity index (χ2v) is 4.48. The molecule has 7 nitrogen and oxygen atoms in total. The molecule has 19 heavy (non-hydrogen) atoms. The fraction of sp³-hybridized carbons (Fsp3) is 0.333. The number of hydrogen-bond donors (Lipinski definition) is 2. The molecule has 1 aliphatic carbocycles. The quantitative estimate of drug-likeness (QED) is 0.632. The molecule has 2 N–H and O–H groups in total. The van der Waals surface area contributed by atoms with E-state index in [1.54, 1.807) is 12.1 Å².